The van der Waals surface area contributed by atoms with Gasteiger partial charge >= 0.3 is 5.97 Å². The number of rotatable bonds is 6. The number of methoxy groups -OCH3 is 1. The van der Waals surface area contributed by atoms with Crippen LogP contribution in [0.5, 0.6) is 0 Å². The molecule has 0 N–H and O–H groups in total. The molecule has 1 fully saturated rings. The Bertz CT molecular complexity index is 783. The topological polar surface area (TPSA) is 29.5 Å². The van der Waals surface area contributed by atoms with Crippen LogP contribution in [0.1, 0.15) is 35.1 Å². The quantitative estimate of drug-likeness (QED) is 0.695. The summed E-state index contributed by atoms with van der Waals surface area (Å²) in [5, 5.41) is 0.822. The summed E-state index contributed by atoms with van der Waals surface area (Å²) in [6.45, 7) is 6.77. The lowest BCUT2D eigenvalue weighted by Crippen LogP contribution is -2.49. The second-order valence-electron chi connectivity index (χ2n) is 7.35. The fraction of sp³-hybridized carbons (Fsp3) is 0.409. The van der Waals surface area contributed by atoms with E-state index in [9.17, 15) is 4.79 Å². The van der Waals surface area contributed by atoms with E-state index in [4.69, 9.17) is 16.3 Å². The maximum absolute atomic E-state index is 11.5. The number of esters is 1. The molecular formula is C22H26ClNO2. The van der Waals surface area contributed by atoms with Crippen molar-refractivity contribution in [3.63, 3.8) is 0 Å². The molecule has 3 nitrogen and oxygen atoms in total. The third kappa shape index (κ3) is 4.46. The first-order chi connectivity index (χ1) is 12.5. The highest BCUT2D eigenvalue weighted by atomic mass is 35.5. The number of carbonyl (C=O) groups excluding carboxylic acids is 1. The molecule has 2 aromatic rings. The molecule has 0 saturated carbocycles. The number of nitrogens with zero attached hydrogens (tertiary/aromatic N) is 1. The third-order valence-electron chi connectivity index (χ3n) is 5.18. The van der Waals surface area contributed by atoms with E-state index in [0.29, 0.717) is 5.92 Å². The van der Waals surface area contributed by atoms with Gasteiger partial charge in [-0.3, -0.25) is 9.69 Å². The number of ether oxygens (including phenoxy) is 1. The normalized spacial score (nSPS) is 16.2. The van der Waals surface area contributed by atoms with E-state index in [1.165, 1.54) is 23.8 Å². The molecular weight excluding hydrogens is 346 g/mol. The van der Waals surface area contributed by atoms with Crippen molar-refractivity contribution in [2.75, 3.05) is 20.2 Å². The van der Waals surface area contributed by atoms with Crippen LogP contribution in [-0.2, 0) is 22.5 Å². The summed E-state index contributed by atoms with van der Waals surface area (Å²) >= 11 is 6.14. The van der Waals surface area contributed by atoms with Gasteiger partial charge in [0, 0.05) is 24.7 Å². The van der Waals surface area contributed by atoms with Gasteiger partial charge in [-0.2, -0.15) is 0 Å². The first kappa shape index (κ1) is 18.9. The zero-order valence-corrected chi connectivity index (χ0v) is 16.4. The number of hydrogen-bond donors (Lipinski definition) is 0. The Hall–Kier alpha value is -1.84. The van der Waals surface area contributed by atoms with Crippen molar-refractivity contribution in [3.05, 3.63) is 69.7 Å². The fourth-order valence-electron chi connectivity index (χ4n) is 3.57. The predicted octanol–water partition coefficient (Wildman–Crippen LogP) is 4.60. The van der Waals surface area contributed by atoms with Crippen molar-refractivity contribution in [1.29, 1.82) is 0 Å². The summed E-state index contributed by atoms with van der Waals surface area (Å²) in [6.07, 6.45) is 1.000. The number of likely N-dealkylation sites (tertiary alicyclic amines) is 1. The summed E-state index contributed by atoms with van der Waals surface area (Å²) in [6, 6.07) is 15.1. The SMILES string of the molecule is COC(=O)C1CN(Cc2cccc(CC(C)c3ccc(Cl)c(C)c3)c2)C1. The Morgan fingerprint density at radius 3 is 2.65 bits per heavy atom. The molecule has 4 heteroatoms. The van der Waals surface area contributed by atoms with E-state index >= 15 is 0 Å². The third-order valence-corrected chi connectivity index (χ3v) is 5.61. The van der Waals surface area contributed by atoms with Crippen LogP contribution < -0.4 is 0 Å². The van der Waals surface area contributed by atoms with Crippen LogP contribution in [0, 0.1) is 12.8 Å². The number of hydrogen-bond acceptors (Lipinski definition) is 3. The lowest BCUT2D eigenvalue weighted by molar-refractivity contribution is -0.151. The van der Waals surface area contributed by atoms with Gasteiger partial charge in [0.1, 0.15) is 0 Å². The van der Waals surface area contributed by atoms with Gasteiger partial charge in [0.2, 0.25) is 0 Å². The standard InChI is InChI=1S/C22H26ClNO2/c1-15(19-7-8-21(23)16(2)10-19)9-17-5-4-6-18(11-17)12-24-13-20(14-24)22(25)26-3/h4-8,10-11,15,20H,9,12-14H2,1-3H3. The van der Waals surface area contributed by atoms with Crippen LogP contribution in [0.2, 0.25) is 5.02 Å². The van der Waals surface area contributed by atoms with Crippen LogP contribution >= 0.6 is 11.6 Å². The first-order valence-corrected chi connectivity index (χ1v) is 9.48. The molecule has 0 amide bonds. The van der Waals surface area contributed by atoms with Crippen molar-refractivity contribution in [1.82, 2.24) is 4.90 Å². The Balaban J connectivity index is 1.59. The molecule has 0 aromatic heterocycles. The molecule has 26 heavy (non-hydrogen) atoms. The number of benzene rings is 2. The summed E-state index contributed by atoms with van der Waals surface area (Å²) in [5.74, 6) is 0.382. The second kappa shape index (κ2) is 8.24. The van der Waals surface area contributed by atoms with Crippen molar-refractivity contribution in [2.45, 2.75) is 32.7 Å². The lowest BCUT2D eigenvalue weighted by Gasteiger charge is -2.37. The van der Waals surface area contributed by atoms with Gasteiger partial charge in [0.15, 0.2) is 0 Å². The second-order valence-corrected chi connectivity index (χ2v) is 7.76. The summed E-state index contributed by atoms with van der Waals surface area (Å²) in [7, 11) is 1.46. The monoisotopic (exact) mass is 371 g/mol. The van der Waals surface area contributed by atoms with E-state index in [1.54, 1.807) is 0 Å². The van der Waals surface area contributed by atoms with E-state index in [2.05, 4.69) is 48.2 Å². The summed E-state index contributed by atoms with van der Waals surface area (Å²) < 4.78 is 4.80. The molecule has 0 spiro atoms. The van der Waals surface area contributed by atoms with Gasteiger partial charge in [-0.15, -0.1) is 0 Å². The van der Waals surface area contributed by atoms with Crippen molar-refractivity contribution >= 4 is 17.6 Å². The average molecular weight is 372 g/mol. The van der Waals surface area contributed by atoms with E-state index in [0.717, 1.165) is 36.6 Å². The highest BCUT2D eigenvalue weighted by molar-refractivity contribution is 6.31. The zero-order chi connectivity index (χ0) is 18.7. The molecule has 1 heterocycles. The summed E-state index contributed by atoms with van der Waals surface area (Å²) in [5.41, 5.74) is 5.08. The number of halogens is 1. The van der Waals surface area contributed by atoms with Gasteiger partial charge < -0.3 is 4.74 Å². The Morgan fingerprint density at radius 2 is 1.96 bits per heavy atom. The molecule has 138 valence electrons. The van der Waals surface area contributed by atoms with Crippen molar-refractivity contribution < 1.29 is 9.53 Å². The Kier molecular flexibility index (Phi) is 6.00. The van der Waals surface area contributed by atoms with Gasteiger partial charge in [-0.1, -0.05) is 54.9 Å². The minimum atomic E-state index is -0.0953. The fourth-order valence-corrected chi connectivity index (χ4v) is 3.69. The molecule has 0 radical (unpaired) electrons. The molecule has 0 aliphatic carbocycles. The Labute approximate surface area is 160 Å². The lowest BCUT2D eigenvalue weighted by atomic mass is 9.92. The van der Waals surface area contributed by atoms with Crippen LogP contribution in [0.25, 0.3) is 0 Å². The van der Waals surface area contributed by atoms with Crippen LogP contribution in [0.4, 0.5) is 0 Å². The van der Waals surface area contributed by atoms with Gasteiger partial charge in [0.05, 0.1) is 13.0 Å². The molecule has 1 atom stereocenters. The molecule has 1 saturated heterocycles. The number of carbonyl (C=O) groups is 1. The van der Waals surface area contributed by atoms with E-state index in [1.807, 2.05) is 13.0 Å². The van der Waals surface area contributed by atoms with Crippen LogP contribution in [0.15, 0.2) is 42.5 Å². The Morgan fingerprint density at radius 1 is 1.23 bits per heavy atom. The van der Waals surface area contributed by atoms with Gasteiger partial charge in [0.25, 0.3) is 0 Å². The largest absolute Gasteiger partial charge is 0.469 e. The van der Waals surface area contributed by atoms with Crippen LogP contribution in [0.3, 0.4) is 0 Å². The first-order valence-electron chi connectivity index (χ1n) is 9.10. The molecule has 2 aromatic carbocycles. The maximum Gasteiger partial charge on any atom is 0.311 e. The smallest absolute Gasteiger partial charge is 0.311 e. The zero-order valence-electron chi connectivity index (χ0n) is 15.7. The highest BCUT2D eigenvalue weighted by Gasteiger charge is 2.33. The van der Waals surface area contributed by atoms with E-state index in [-0.39, 0.29) is 11.9 Å². The minimum Gasteiger partial charge on any atom is -0.469 e. The predicted molar refractivity (Wildman–Crippen MR) is 106 cm³/mol. The average Bonchev–Trinajstić information content (AvgIpc) is 2.59. The summed E-state index contributed by atoms with van der Waals surface area (Å²) in [4.78, 5) is 13.8. The van der Waals surface area contributed by atoms with Crippen molar-refractivity contribution in [2.24, 2.45) is 5.92 Å². The number of aryl methyl sites for hydroxylation is 1. The molecule has 0 bridgehead atoms. The van der Waals surface area contributed by atoms with Gasteiger partial charge in [-0.25, -0.2) is 0 Å². The molecule has 1 aliphatic rings. The molecule has 1 aliphatic heterocycles. The van der Waals surface area contributed by atoms with Crippen molar-refractivity contribution in [3.8, 4) is 0 Å². The molecule has 3 rings (SSSR count). The van der Waals surface area contributed by atoms with Gasteiger partial charge in [-0.05, 0) is 47.6 Å². The van der Waals surface area contributed by atoms with Crippen LogP contribution in [-0.4, -0.2) is 31.1 Å². The van der Waals surface area contributed by atoms with E-state index < -0.39 is 0 Å². The highest BCUT2D eigenvalue weighted by Crippen LogP contribution is 2.26. The minimum absolute atomic E-state index is 0.0383. The maximum atomic E-state index is 11.5. The molecule has 1 unspecified atom stereocenters.